The Morgan fingerprint density at radius 3 is 2.26 bits per heavy atom. The summed E-state index contributed by atoms with van der Waals surface area (Å²) in [4.78, 5) is 10.9. The molecule has 0 aromatic heterocycles. The largest absolute Gasteiger partial charge is 0.469 e. The summed E-state index contributed by atoms with van der Waals surface area (Å²) < 4.78 is 4.50. The van der Waals surface area contributed by atoms with Crippen molar-refractivity contribution in [2.45, 2.75) is 39.4 Å². The molecule has 0 rings (SSSR count). The van der Waals surface area contributed by atoms with E-state index in [0.29, 0.717) is 0 Å². The molecule has 0 heterocycles. The van der Waals surface area contributed by atoms with Gasteiger partial charge in [-0.15, -0.1) is 0 Å². The zero-order valence-electron chi connectivity index (χ0n) is 12.1. The van der Waals surface area contributed by atoms with Crippen molar-refractivity contribution in [3.8, 4) is 0 Å². The molecule has 19 heavy (non-hydrogen) atoms. The van der Waals surface area contributed by atoms with E-state index in [1.807, 2.05) is 6.92 Å². The van der Waals surface area contributed by atoms with Gasteiger partial charge in [-0.25, -0.2) is 0 Å². The lowest BCUT2D eigenvalue weighted by molar-refractivity contribution is -0.139. The normalized spacial score (nSPS) is 19.7. The molecular formula is C14H26O5. The van der Waals surface area contributed by atoms with Crippen LogP contribution in [0.5, 0.6) is 0 Å². The summed E-state index contributed by atoms with van der Waals surface area (Å²) in [6, 6.07) is 0. The minimum atomic E-state index is -0.767. The van der Waals surface area contributed by atoms with Gasteiger partial charge in [0.2, 0.25) is 0 Å². The quantitative estimate of drug-likeness (QED) is 0.448. The predicted octanol–water partition coefficient (Wildman–Crippen LogP) is 0.728. The van der Waals surface area contributed by atoms with E-state index in [-0.39, 0.29) is 36.8 Å². The van der Waals surface area contributed by atoms with Crippen molar-refractivity contribution >= 4 is 5.97 Å². The Kier molecular flexibility index (Phi) is 8.63. The second-order valence-corrected chi connectivity index (χ2v) is 5.07. The topological polar surface area (TPSA) is 87.0 Å². The smallest absolute Gasteiger partial charge is 0.309 e. The molecule has 5 atom stereocenters. The van der Waals surface area contributed by atoms with Crippen LogP contribution in [0, 0.1) is 17.8 Å². The monoisotopic (exact) mass is 274 g/mol. The van der Waals surface area contributed by atoms with Crippen LogP contribution in [0.3, 0.4) is 0 Å². The summed E-state index contributed by atoms with van der Waals surface area (Å²) in [6.45, 7) is 5.16. The number of methoxy groups -OCH3 is 1. The van der Waals surface area contributed by atoms with Crippen LogP contribution in [0.25, 0.3) is 0 Å². The fourth-order valence-corrected chi connectivity index (χ4v) is 1.88. The maximum Gasteiger partial charge on any atom is 0.309 e. The van der Waals surface area contributed by atoms with E-state index in [1.54, 1.807) is 26.0 Å². The number of rotatable bonds is 8. The van der Waals surface area contributed by atoms with E-state index in [2.05, 4.69) is 4.74 Å². The number of hydrogen-bond donors (Lipinski definition) is 3. The molecule has 0 amide bonds. The first-order chi connectivity index (χ1) is 8.84. The van der Waals surface area contributed by atoms with Gasteiger partial charge < -0.3 is 20.1 Å². The van der Waals surface area contributed by atoms with Crippen molar-refractivity contribution in [2.24, 2.45) is 17.8 Å². The second kappa shape index (κ2) is 9.07. The molecule has 0 spiro atoms. The third kappa shape index (κ3) is 6.18. The number of carbonyl (C=O) groups excluding carboxylic acids is 1. The van der Waals surface area contributed by atoms with Gasteiger partial charge in [0, 0.05) is 24.4 Å². The summed E-state index contributed by atoms with van der Waals surface area (Å²) in [6.07, 6.45) is 2.04. The van der Waals surface area contributed by atoms with E-state index in [1.165, 1.54) is 7.11 Å². The average molecular weight is 274 g/mol. The second-order valence-electron chi connectivity index (χ2n) is 5.07. The van der Waals surface area contributed by atoms with Crippen LogP contribution in [-0.4, -0.2) is 47.2 Å². The highest BCUT2D eigenvalue weighted by Gasteiger charge is 2.28. The van der Waals surface area contributed by atoms with Gasteiger partial charge in [0.1, 0.15) is 0 Å². The van der Waals surface area contributed by atoms with Crippen molar-refractivity contribution in [2.75, 3.05) is 13.7 Å². The molecule has 0 aromatic carbocycles. The van der Waals surface area contributed by atoms with E-state index in [0.717, 1.165) is 0 Å². The molecule has 0 bridgehead atoms. The van der Waals surface area contributed by atoms with E-state index >= 15 is 0 Å². The van der Waals surface area contributed by atoms with Gasteiger partial charge in [-0.2, -0.15) is 0 Å². The van der Waals surface area contributed by atoms with Gasteiger partial charge in [-0.3, -0.25) is 4.79 Å². The van der Waals surface area contributed by atoms with Crippen LogP contribution < -0.4 is 0 Å². The number of aliphatic hydroxyl groups excluding tert-OH is 3. The summed E-state index contributed by atoms with van der Waals surface area (Å²) in [5.41, 5.74) is 0. The first-order valence-corrected chi connectivity index (χ1v) is 6.55. The molecule has 0 unspecified atom stereocenters. The highest BCUT2D eigenvalue weighted by atomic mass is 16.5. The zero-order valence-corrected chi connectivity index (χ0v) is 12.1. The van der Waals surface area contributed by atoms with Crippen LogP contribution >= 0.6 is 0 Å². The summed E-state index contributed by atoms with van der Waals surface area (Å²) >= 11 is 0. The van der Waals surface area contributed by atoms with Crippen LogP contribution in [0.1, 0.15) is 27.2 Å². The minimum Gasteiger partial charge on any atom is -0.469 e. The standard InChI is InChI=1S/C14H26O5/c1-9(6-5-7-12(16)19-4)13(17)11(3)14(18)10(2)8-15/h5-6,9-11,13-15,17-18H,7-8H2,1-4H3/b6-5+/t9-,10-,11+,13-,14+/m0/s1. The highest BCUT2D eigenvalue weighted by Crippen LogP contribution is 2.22. The van der Waals surface area contributed by atoms with Gasteiger partial charge >= 0.3 is 5.97 Å². The lowest BCUT2D eigenvalue weighted by atomic mass is 9.84. The molecule has 0 aliphatic heterocycles. The molecule has 0 saturated carbocycles. The Morgan fingerprint density at radius 1 is 1.21 bits per heavy atom. The van der Waals surface area contributed by atoms with E-state index < -0.39 is 12.2 Å². The Morgan fingerprint density at radius 2 is 1.79 bits per heavy atom. The third-order valence-electron chi connectivity index (χ3n) is 3.44. The molecular weight excluding hydrogens is 248 g/mol. The first kappa shape index (κ1) is 18.1. The maximum atomic E-state index is 10.9. The summed E-state index contributed by atoms with van der Waals surface area (Å²) in [7, 11) is 1.32. The maximum absolute atomic E-state index is 10.9. The SMILES string of the molecule is COC(=O)C/C=C/[C@H](C)[C@H](O)[C@@H](C)[C@H](O)[C@@H](C)CO. The molecule has 5 nitrogen and oxygen atoms in total. The molecule has 0 aromatic rings. The van der Waals surface area contributed by atoms with Gasteiger partial charge in [0.25, 0.3) is 0 Å². The van der Waals surface area contributed by atoms with E-state index in [4.69, 9.17) is 5.11 Å². The number of aliphatic hydroxyl groups is 3. The third-order valence-corrected chi connectivity index (χ3v) is 3.44. The van der Waals surface area contributed by atoms with Crippen LogP contribution in [-0.2, 0) is 9.53 Å². The zero-order chi connectivity index (χ0) is 15.0. The predicted molar refractivity (Wildman–Crippen MR) is 72.4 cm³/mol. The van der Waals surface area contributed by atoms with Gasteiger partial charge in [-0.05, 0) is 0 Å². The molecule has 112 valence electrons. The Bertz CT molecular complexity index is 290. The number of hydrogen-bond acceptors (Lipinski definition) is 5. The van der Waals surface area contributed by atoms with Crippen LogP contribution in [0.15, 0.2) is 12.2 Å². The van der Waals surface area contributed by atoms with E-state index in [9.17, 15) is 15.0 Å². The Hall–Kier alpha value is -0.910. The first-order valence-electron chi connectivity index (χ1n) is 6.55. The lowest BCUT2D eigenvalue weighted by Gasteiger charge is -2.30. The lowest BCUT2D eigenvalue weighted by Crippen LogP contribution is -2.38. The van der Waals surface area contributed by atoms with Gasteiger partial charge in [0.05, 0.1) is 25.7 Å². The Labute approximate surface area is 114 Å². The Balaban J connectivity index is 4.38. The van der Waals surface area contributed by atoms with Crippen molar-refractivity contribution < 1.29 is 24.9 Å². The average Bonchev–Trinajstić information content (AvgIpc) is 2.43. The van der Waals surface area contributed by atoms with Crippen LogP contribution in [0.2, 0.25) is 0 Å². The van der Waals surface area contributed by atoms with Crippen molar-refractivity contribution in [3.05, 3.63) is 12.2 Å². The molecule has 0 radical (unpaired) electrons. The van der Waals surface area contributed by atoms with Gasteiger partial charge in [0.15, 0.2) is 0 Å². The fraction of sp³-hybridized carbons (Fsp3) is 0.786. The van der Waals surface area contributed by atoms with Crippen molar-refractivity contribution in [1.29, 1.82) is 0 Å². The molecule has 3 N–H and O–H groups in total. The van der Waals surface area contributed by atoms with Crippen molar-refractivity contribution in [3.63, 3.8) is 0 Å². The number of ether oxygens (including phenoxy) is 1. The minimum absolute atomic E-state index is 0.120. The molecule has 0 aliphatic carbocycles. The summed E-state index contributed by atoms with van der Waals surface area (Å²) in [5.74, 6) is -1.17. The molecule has 0 saturated heterocycles. The van der Waals surface area contributed by atoms with Crippen molar-refractivity contribution in [1.82, 2.24) is 0 Å². The molecule has 0 fully saturated rings. The highest BCUT2D eigenvalue weighted by molar-refractivity contribution is 5.70. The molecule has 5 heteroatoms. The fourth-order valence-electron chi connectivity index (χ4n) is 1.88. The number of carbonyl (C=O) groups is 1. The number of esters is 1. The van der Waals surface area contributed by atoms with Crippen LogP contribution in [0.4, 0.5) is 0 Å². The summed E-state index contributed by atoms with van der Waals surface area (Å²) in [5, 5.41) is 29.1. The van der Waals surface area contributed by atoms with Gasteiger partial charge in [-0.1, -0.05) is 32.9 Å². The molecule has 0 aliphatic rings.